The SMILES string of the molecule is CCCCC1C(=O)N(C)CCN1C(=O)Cc1cccc(C(F)(F)F)c1. The number of alkyl halides is 3. The molecule has 7 heteroatoms. The van der Waals surface area contributed by atoms with Crippen molar-refractivity contribution in [2.45, 2.75) is 44.8 Å². The molecule has 0 spiro atoms. The lowest BCUT2D eigenvalue weighted by Crippen LogP contribution is -2.57. The fourth-order valence-corrected chi connectivity index (χ4v) is 3.02. The van der Waals surface area contributed by atoms with Gasteiger partial charge in [-0.15, -0.1) is 0 Å². The lowest BCUT2D eigenvalue weighted by molar-refractivity contribution is -0.150. The Balaban J connectivity index is 2.14. The molecule has 2 rings (SSSR count). The second kappa shape index (κ2) is 7.89. The average Bonchev–Trinajstić information content (AvgIpc) is 2.55. The summed E-state index contributed by atoms with van der Waals surface area (Å²) in [4.78, 5) is 28.1. The zero-order valence-corrected chi connectivity index (χ0v) is 14.5. The minimum atomic E-state index is -4.44. The van der Waals surface area contributed by atoms with E-state index in [1.165, 1.54) is 17.0 Å². The molecule has 138 valence electrons. The first-order valence-electron chi connectivity index (χ1n) is 8.44. The number of hydrogen-bond acceptors (Lipinski definition) is 2. The number of hydrogen-bond donors (Lipinski definition) is 0. The fourth-order valence-electron chi connectivity index (χ4n) is 3.02. The second-order valence-corrected chi connectivity index (χ2v) is 6.38. The molecular weight excluding hydrogens is 333 g/mol. The number of halogens is 3. The molecule has 25 heavy (non-hydrogen) atoms. The number of carbonyl (C=O) groups is 2. The number of likely N-dealkylation sites (N-methyl/N-ethyl adjacent to an activating group) is 1. The Hall–Kier alpha value is -2.05. The van der Waals surface area contributed by atoms with Gasteiger partial charge in [0.15, 0.2) is 0 Å². The number of amides is 2. The molecule has 1 unspecified atom stereocenters. The van der Waals surface area contributed by atoms with E-state index < -0.39 is 17.8 Å². The molecule has 0 aliphatic carbocycles. The number of carbonyl (C=O) groups excluding carboxylic acids is 2. The Morgan fingerprint density at radius 1 is 1.28 bits per heavy atom. The van der Waals surface area contributed by atoms with Crippen LogP contribution in [0, 0.1) is 0 Å². The largest absolute Gasteiger partial charge is 0.416 e. The van der Waals surface area contributed by atoms with Gasteiger partial charge in [-0.05, 0) is 18.1 Å². The van der Waals surface area contributed by atoms with Crippen LogP contribution < -0.4 is 0 Å². The van der Waals surface area contributed by atoms with Crippen LogP contribution in [0.5, 0.6) is 0 Å². The summed E-state index contributed by atoms with van der Waals surface area (Å²) < 4.78 is 38.4. The van der Waals surface area contributed by atoms with Crippen molar-refractivity contribution in [3.05, 3.63) is 35.4 Å². The van der Waals surface area contributed by atoms with Crippen LogP contribution in [0.2, 0.25) is 0 Å². The molecule has 1 aromatic carbocycles. The second-order valence-electron chi connectivity index (χ2n) is 6.38. The van der Waals surface area contributed by atoms with Crippen molar-refractivity contribution in [2.75, 3.05) is 20.1 Å². The summed E-state index contributed by atoms with van der Waals surface area (Å²) in [5.41, 5.74) is -0.463. The maximum Gasteiger partial charge on any atom is 0.416 e. The highest BCUT2D eigenvalue weighted by atomic mass is 19.4. The Labute approximate surface area is 145 Å². The third-order valence-electron chi connectivity index (χ3n) is 4.47. The fraction of sp³-hybridized carbons (Fsp3) is 0.556. The van der Waals surface area contributed by atoms with E-state index >= 15 is 0 Å². The smallest absolute Gasteiger partial charge is 0.342 e. The third kappa shape index (κ3) is 4.74. The number of nitrogens with zero attached hydrogens (tertiary/aromatic N) is 2. The van der Waals surface area contributed by atoms with E-state index in [-0.39, 0.29) is 18.2 Å². The van der Waals surface area contributed by atoms with Crippen LogP contribution in [0.15, 0.2) is 24.3 Å². The van der Waals surface area contributed by atoms with Crippen molar-refractivity contribution in [1.82, 2.24) is 9.80 Å². The Morgan fingerprint density at radius 3 is 2.64 bits per heavy atom. The molecule has 4 nitrogen and oxygen atoms in total. The number of rotatable bonds is 5. The average molecular weight is 356 g/mol. The quantitative estimate of drug-likeness (QED) is 0.813. The molecule has 1 aliphatic heterocycles. The maximum absolute atomic E-state index is 12.8. The van der Waals surface area contributed by atoms with Gasteiger partial charge in [-0.25, -0.2) is 0 Å². The van der Waals surface area contributed by atoms with Crippen LogP contribution in [0.3, 0.4) is 0 Å². The third-order valence-corrected chi connectivity index (χ3v) is 4.47. The summed E-state index contributed by atoms with van der Waals surface area (Å²) >= 11 is 0. The van der Waals surface area contributed by atoms with E-state index in [1.807, 2.05) is 6.92 Å². The Bertz CT molecular complexity index is 631. The van der Waals surface area contributed by atoms with Gasteiger partial charge in [0.1, 0.15) is 6.04 Å². The molecule has 1 aliphatic rings. The van der Waals surface area contributed by atoms with Crippen LogP contribution >= 0.6 is 0 Å². The van der Waals surface area contributed by atoms with Crippen molar-refractivity contribution in [3.63, 3.8) is 0 Å². The maximum atomic E-state index is 12.8. The van der Waals surface area contributed by atoms with Crippen molar-refractivity contribution < 1.29 is 22.8 Å². The summed E-state index contributed by atoms with van der Waals surface area (Å²) in [7, 11) is 1.70. The lowest BCUT2D eigenvalue weighted by atomic mass is 10.0. The van der Waals surface area contributed by atoms with Gasteiger partial charge < -0.3 is 9.80 Å². The topological polar surface area (TPSA) is 40.6 Å². The van der Waals surface area contributed by atoms with Gasteiger partial charge in [0.05, 0.1) is 12.0 Å². The summed E-state index contributed by atoms with van der Waals surface area (Å²) in [6.07, 6.45) is -2.27. The van der Waals surface area contributed by atoms with Gasteiger partial charge in [0.2, 0.25) is 11.8 Å². The minimum Gasteiger partial charge on any atom is -0.342 e. The van der Waals surface area contributed by atoms with Crippen LogP contribution in [-0.2, 0) is 22.2 Å². The normalized spacial score (nSPS) is 18.6. The van der Waals surface area contributed by atoms with Crippen LogP contribution in [0.1, 0.15) is 37.3 Å². The standard InChI is InChI=1S/C18H23F3N2O2/c1-3-4-8-15-17(25)22(2)9-10-23(15)16(24)12-13-6-5-7-14(11-13)18(19,20)21/h5-7,11,15H,3-4,8-10,12H2,1-2H3. The van der Waals surface area contributed by atoms with Gasteiger partial charge in [-0.2, -0.15) is 13.2 Å². The monoisotopic (exact) mass is 356 g/mol. The first-order valence-corrected chi connectivity index (χ1v) is 8.44. The molecule has 1 saturated heterocycles. The molecule has 0 radical (unpaired) electrons. The molecule has 2 amide bonds. The molecule has 1 atom stereocenters. The molecule has 0 saturated carbocycles. The first kappa shape index (κ1) is 19.3. The predicted octanol–water partition coefficient (Wildman–Crippen LogP) is 3.11. The van der Waals surface area contributed by atoms with E-state index in [0.717, 1.165) is 25.0 Å². The molecule has 0 aromatic heterocycles. The van der Waals surface area contributed by atoms with Crippen LogP contribution in [-0.4, -0.2) is 47.8 Å². The van der Waals surface area contributed by atoms with E-state index in [4.69, 9.17) is 0 Å². The van der Waals surface area contributed by atoms with Gasteiger partial charge in [-0.1, -0.05) is 38.0 Å². The Kier molecular flexibility index (Phi) is 6.08. The highest BCUT2D eigenvalue weighted by Crippen LogP contribution is 2.29. The van der Waals surface area contributed by atoms with Crippen LogP contribution in [0.4, 0.5) is 13.2 Å². The summed E-state index contributed by atoms with van der Waals surface area (Å²) in [5.74, 6) is -0.404. The van der Waals surface area contributed by atoms with Crippen molar-refractivity contribution in [1.29, 1.82) is 0 Å². The van der Waals surface area contributed by atoms with Gasteiger partial charge in [0, 0.05) is 20.1 Å². The number of benzene rings is 1. The Morgan fingerprint density at radius 2 is 2.00 bits per heavy atom. The highest BCUT2D eigenvalue weighted by Gasteiger charge is 2.35. The minimum absolute atomic E-state index is 0.0999. The van der Waals surface area contributed by atoms with E-state index in [9.17, 15) is 22.8 Å². The zero-order chi connectivity index (χ0) is 18.6. The van der Waals surface area contributed by atoms with Crippen LogP contribution in [0.25, 0.3) is 0 Å². The lowest BCUT2D eigenvalue weighted by Gasteiger charge is -2.39. The molecular formula is C18H23F3N2O2. The summed E-state index contributed by atoms with van der Waals surface area (Å²) in [5, 5.41) is 0. The van der Waals surface area contributed by atoms with E-state index in [1.54, 1.807) is 11.9 Å². The summed E-state index contributed by atoms with van der Waals surface area (Å²) in [6, 6.07) is 4.27. The van der Waals surface area contributed by atoms with Gasteiger partial charge >= 0.3 is 6.18 Å². The number of unbranched alkanes of at least 4 members (excludes halogenated alkanes) is 1. The zero-order valence-electron chi connectivity index (χ0n) is 14.5. The highest BCUT2D eigenvalue weighted by molar-refractivity contribution is 5.89. The van der Waals surface area contributed by atoms with Crippen molar-refractivity contribution in [2.24, 2.45) is 0 Å². The van der Waals surface area contributed by atoms with E-state index in [2.05, 4.69) is 0 Å². The molecule has 1 fully saturated rings. The predicted molar refractivity (Wildman–Crippen MR) is 87.8 cm³/mol. The molecule has 1 heterocycles. The molecule has 0 bridgehead atoms. The molecule has 0 N–H and O–H groups in total. The van der Waals surface area contributed by atoms with E-state index in [0.29, 0.717) is 25.1 Å². The number of piperazine rings is 1. The molecule has 1 aromatic rings. The summed E-state index contributed by atoms with van der Waals surface area (Å²) in [6.45, 7) is 2.86. The van der Waals surface area contributed by atoms with Crippen molar-refractivity contribution in [3.8, 4) is 0 Å². The van der Waals surface area contributed by atoms with Gasteiger partial charge in [0.25, 0.3) is 0 Å². The first-order chi connectivity index (χ1) is 11.7. The van der Waals surface area contributed by atoms with Gasteiger partial charge in [-0.3, -0.25) is 9.59 Å². The van der Waals surface area contributed by atoms with Crippen molar-refractivity contribution >= 4 is 11.8 Å².